The van der Waals surface area contributed by atoms with Crippen molar-refractivity contribution in [1.29, 1.82) is 0 Å². The van der Waals surface area contributed by atoms with E-state index in [1.54, 1.807) is 45.2 Å². The first kappa shape index (κ1) is 23.3. The molecule has 0 saturated carbocycles. The van der Waals surface area contributed by atoms with Gasteiger partial charge in [0, 0.05) is 16.9 Å². The number of benzene rings is 2. The van der Waals surface area contributed by atoms with Crippen LogP contribution in [0, 0.1) is 5.92 Å². The Morgan fingerprint density at radius 3 is 2.31 bits per heavy atom. The van der Waals surface area contributed by atoms with Crippen LogP contribution < -0.4 is 14.8 Å². The quantitative estimate of drug-likeness (QED) is 0.568. The van der Waals surface area contributed by atoms with Crippen molar-refractivity contribution >= 4 is 33.4 Å². The van der Waals surface area contributed by atoms with E-state index < -0.39 is 10.0 Å². The second-order valence-corrected chi connectivity index (χ2v) is 9.42. The molecular formula is C21H28N2O4S2. The van der Waals surface area contributed by atoms with Crippen molar-refractivity contribution in [3.8, 4) is 5.75 Å². The van der Waals surface area contributed by atoms with E-state index in [0.717, 1.165) is 10.5 Å². The van der Waals surface area contributed by atoms with Crippen LogP contribution in [0.25, 0.3) is 0 Å². The highest BCUT2D eigenvalue weighted by atomic mass is 32.2. The summed E-state index contributed by atoms with van der Waals surface area (Å²) >= 11 is 1.45. The van der Waals surface area contributed by atoms with E-state index in [4.69, 9.17) is 4.74 Å². The van der Waals surface area contributed by atoms with E-state index in [2.05, 4.69) is 10.0 Å². The van der Waals surface area contributed by atoms with Gasteiger partial charge in [0.25, 0.3) is 0 Å². The molecule has 29 heavy (non-hydrogen) atoms. The minimum atomic E-state index is -3.78. The predicted molar refractivity (Wildman–Crippen MR) is 118 cm³/mol. The molecule has 0 saturated heterocycles. The monoisotopic (exact) mass is 436 g/mol. The van der Waals surface area contributed by atoms with E-state index in [0.29, 0.717) is 17.9 Å². The van der Waals surface area contributed by atoms with Crippen LogP contribution in [0.4, 0.5) is 5.69 Å². The van der Waals surface area contributed by atoms with Gasteiger partial charge in [-0.25, -0.2) is 13.1 Å². The maximum atomic E-state index is 13.0. The Balaban J connectivity index is 2.31. The third-order valence-corrected chi connectivity index (χ3v) is 6.75. The van der Waals surface area contributed by atoms with Gasteiger partial charge in [-0.1, -0.05) is 32.9 Å². The van der Waals surface area contributed by atoms with E-state index in [1.165, 1.54) is 17.8 Å². The Kier molecular flexibility index (Phi) is 8.13. The first-order valence-electron chi connectivity index (χ1n) is 9.37. The summed E-state index contributed by atoms with van der Waals surface area (Å²) < 4.78 is 34.0. The standard InChI is InChI=1S/C21H28N2O4S2/c1-6-18(15-7-9-16(27-4)10-8-15)23-29(25,26)17-11-12-20(28-5)19(13-17)22-21(24)14(2)3/h7-14,18,23H,6H2,1-5H3,(H,22,24). The van der Waals surface area contributed by atoms with E-state index in [-0.39, 0.29) is 22.8 Å². The highest BCUT2D eigenvalue weighted by Crippen LogP contribution is 2.30. The third-order valence-electron chi connectivity index (χ3n) is 4.49. The van der Waals surface area contributed by atoms with Crippen LogP contribution in [-0.2, 0) is 14.8 Å². The number of rotatable bonds is 9. The molecule has 1 unspecified atom stereocenters. The first-order valence-corrected chi connectivity index (χ1v) is 12.1. The molecule has 0 aliphatic carbocycles. The Hall–Kier alpha value is -2.03. The maximum Gasteiger partial charge on any atom is 0.241 e. The lowest BCUT2D eigenvalue weighted by atomic mass is 10.1. The van der Waals surface area contributed by atoms with Gasteiger partial charge < -0.3 is 10.1 Å². The first-order chi connectivity index (χ1) is 13.7. The number of nitrogens with one attached hydrogen (secondary N) is 2. The van der Waals surface area contributed by atoms with Gasteiger partial charge in [0.05, 0.1) is 17.7 Å². The fraction of sp³-hybridized carbons (Fsp3) is 0.381. The third kappa shape index (κ3) is 5.98. The number of carbonyl (C=O) groups is 1. The number of anilines is 1. The van der Waals surface area contributed by atoms with Crippen molar-refractivity contribution in [2.24, 2.45) is 5.92 Å². The van der Waals surface area contributed by atoms with Crippen molar-refractivity contribution in [2.45, 2.75) is 43.0 Å². The van der Waals surface area contributed by atoms with Gasteiger partial charge >= 0.3 is 0 Å². The Bertz CT molecular complexity index is 942. The van der Waals surface area contributed by atoms with Crippen LogP contribution in [0.3, 0.4) is 0 Å². The number of sulfonamides is 1. The molecule has 0 aliphatic rings. The molecule has 1 amide bonds. The molecule has 0 aliphatic heterocycles. The Morgan fingerprint density at radius 1 is 1.14 bits per heavy atom. The molecule has 1 atom stereocenters. The summed E-state index contributed by atoms with van der Waals surface area (Å²) in [5.74, 6) is 0.347. The van der Waals surface area contributed by atoms with Gasteiger partial charge in [-0.2, -0.15) is 0 Å². The molecule has 0 heterocycles. The number of methoxy groups -OCH3 is 1. The predicted octanol–water partition coefficient (Wildman–Crippen LogP) is 4.44. The van der Waals surface area contributed by atoms with E-state index in [1.807, 2.05) is 25.3 Å². The lowest BCUT2D eigenvalue weighted by Crippen LogP contribution is -2.28. The van der Waals surface area contributed by atoms with Gasteiger partial charge in [0.2, 0.25) is 15.9 Å². The van der Waals surface area contributed by atoms with Crippen LogP contribution >= 0.6 is 11.8 Å². The molecule has 0 radical (unpaired) electrons. The maximum absolute atomic E-state index is 13.0. The molecule has 8 heteroatoms. The number of hydrogen-bond acceptors (Lipinski definition) is 5. The molecule has 158 valence electrons. The molecule has 0 spiro atoms. The molecule has 0 aromatic heterocycles. The largest absolute Gasteiger partial charge is 0.497 e. The zero-order chi connectivity index (χ0) is 21.6. The lowest BCUT2D eigenvalue weighted by Gasteiger charge is -2.19. The summed E-state index contributed by atoms with van der Waals surface area (Å²) in [5, 5.41) is 2.82. The Labute approximate surface area is 177 Å². The summed E-state index contributed by atoms with van der Waals surface area (Å²) in [6, 6.07) is 11.7. The molecule has 6 nitrogen and oxygen atoms in total. The van der Waals surface area contributed by atoms with Gasteiger partial charge in [-0.15, -0.1) is 11.8 Å². The summed E-state index contributed by atoms with van der Waals surface area (Å²) in [7, 11) is -2.19. The average molecular weight is 437 g/mol. The van der Waals surface area contributed by atoms with Crippen molar-refractivity contribution in [1.82, 2.24) is 4.72 Å². The fourth-order valence-corrected chi connectivity index (χ4v) is 4.58. The summed E-state index contributed by atoms with van der Waals surface area (Å²) in [6.45, 7) is 5.50. The van der Waals surface area contributed by atoms with Crippen molar-refractivity contribution in [3.05, 3.63) is 48.0 Å². The number of hydrogen-bond donors (Lipinski definition) is 2. The van der Waals surface area contributed by atoms with Crippen molar-refractivity contribution in [2.75, 3.05) is 18.7 Å². The van der Waals surface area contributed by atoms with Gasteiger partial charge in [-0.05, 0) is 48.6 Å². The molecule has 2 aromatic carbocycles. The number of ether oxygens (including phenoxy) is 1. The minimum Gasteiger partial charge on any atom is -0.497 e. The average Bonchev–Trinajstić information content (AvgIpc) is 2.72. The molecule has 2 rings (SSSR count). The van der Waals surface area contributed by atoms with Gasteiger partial charge in [-0.3, -0.25) is 4.79 Å². The number of carbonyl (C=O) groups excluding carboxylic acids is 1. The van der Waals surface area contributed by atoms with Crippen LogP contribution in [0.15, 0.2) is 52.3 Å². The summed E-state index contributed by atoms with van der Waals surface area (Å²) in [5.41, 5.74) is 1.35. The zero-order valence-corrected chi connectivity index (χ0v) is 19.0. The molecule has 2 N–H and O–H groups in total. The topological polar surface area (TPSA) is 84.5 Å². The summed E-state index contributed by atoms with van der Waals surface area (Å²) in [6.07, 6.45) is 2.47. The molecule has 2 aromatic rings. The minimum absolute atomic E-state index is 0.112. The SMILES string of the molecule is CCC(NS(=O)(=O)c1ccc(SC)c(NC(=O)C(C)C)c1)c1ccc(OC)cc1. The van der Waals surface area contributed by atoms with Crippen molar-refractivity contribution < 1.29 is 17.9 Å². The highest BCUT2D eigenvalue weighted by Gasteiger charge is 2.22. The normalized spacial score (nSPS) is 12.6. The van der Waals surface area contributed by atoms with Crippen LogP contribution in [0.2, 0.25) is 0 Å². The number of amides is 1. The van der Waals surface area contributed by atoms with E-state index >= 15 is 0 Å². The lowest BCUT2D eigenvalue weighted by molar-refractivity contribution is -0.118. The molecule has 0 bridgehead atoms. The number of thioether (sulfide) groups is 1. The van der Waals surface area contributed by atoms with Crippen LogP contribution in [0.5, 0.6) is 5.75 Å². The molecule has 0 fully saturated rings. The van der Waals surface area contributed by atoms with Crippen LogP contribution in [0.1, 0.15) is 38.8 Å². The second-order valence-electron chi connectivity index (χ2n) is 6.86. The van der Waals surface area contributed by atoms with E-state index in [9.17, 15) is 13.2 Å². The van der Waals surface area contributed by atoms with Crippen molar-refractivity contribution in [3.63, 3.8) is 0 Å². The van der Waals surface area contributed by atoms with Gasteiger partial charge in [0.15, 0.2) is 0 Å². The second kappa shape index (κ2) is 10.1. The highest BCUT2D eigenvalue weighted by molar-refractivity contribution is 7.98. The van der Waals surface area contributed by atoms with Crippen LogP contribution in [-0.4, -0.2) is 27.7 Å². The fourth-order valence-electron chi connectivity index (χ4n) is 2.71. The zero-order valence-electron chi connectivity index (χ0n) is 17.4. The Morgan fingerprint density at radius 2 is 1.79 bits per heavy atom. The van der Waals surface area contributed by atoms with Gasteiger partial charge in [0.1, 0.15) is 5.75 Å². The molecular weight excluding hydrogens is 408 g/mol. The summed E-state index contributed by atoms with van der Waals surface area (Å²) in [4.78, 5) is 13.0. The smallest absolute Gasteiger partial charge is 0.241 e.